The van der Waals surface area contributed by atoms with Gasteiger partial charge in [0.15, 0.2) is 12.4 Å². The van der Waals surface area contributed by atoms with Crippen LogP contribution in [0.4, 0.5) is 0 Å². The third-order valence-electron chi connectivity index (χ3n) is 3.38. The Labute approximate surface area is 112 Å². The van der Waals surface area contributed by atoms with Crippen molar-refractivity contribution in [3.8, 4) is 0 Å². The van der Waals surface area contributed by atoms with Gasteiger partial charge in [-0.2, -0.15) is 0 Å². The predicted octanol–water partition coefficient (Wildman–Crippen LogP) is -0.282. The van der Waals surface area contributed by atoms with Crippen LogP contribution >= 0.6 is 0 Å². The van der Waals surface area contributed by atoms with E-state index in [0.29, 0.717) is 6.61 Å². The maximum Gasteiger partial charge on any atom is 0.221 e. The number of Topliss-reactive ketones (excluding diaryl/α,β-unsaturated/α-hetero) is 1. The summed E-state index contributed by atoms with van der Waals surface area (Å²) >= 11 is 0. The molecule has 2 fully saturated rings. The normalized spacial score (nSPS) is 42.4. The summed E-state index contributed by atoms with van der Waals surface area (Å²) in [7, 11) is 4.56. The molecule has 2 rings (SSSR count). The van der Waals surface area contributed by atoms with Crippen molar-refractivity contribution in [3.63, 3.8) is 0 Å². The van der Waals surface area contributed by atoms with Gasteiger partial charge < -0.3 is 28.4 Å². The zero-order valence-electron chi connectivity index (χ0n) is 11.5. The van der Waals surface area contributed by atoms with E-state index >= 15 is 0 Å². The first-order valence-electron chi connectivity index (χ1n) is 6.22. The molecular formula is C12H20O7. The van der Waals surface area contributed by atoms with Crippen molar-refractivity contribution in [2.45, 2.75) is 43.9 Å². The Hall–Kier alpha value is -0.570. The Morgan fingerprint density at radius 3 is 2.26 bits per heavy atom. The molecule has 0 aromatic rings. The minimum Gasteiger partial charge on any atom is -0.376 e. The molecule has 2 aliphatic heterocycles. The zero-order chi connectivity index (χ0) is 14.0. The fourth-order valence-corrected chi connectivity index (χ4v) is 2.51. The molecule has 2 heterocycles. The molecule has 19 heavy (non-hydrogen) atoms. The van der Waals surface area contributed by atoms with Crippen molar-refractivity contribution in [2.75, 3.05) is 27.9 Å². The van der Waals surface area contributed by atoms with Crippen molar-refractivity contribution in [1.82, 2.24) is 0 Å². The van der Waals surface area contributed by atoms with E-state index in [1.807, 2.05) is 0 Å². The molecule has 0 N–H and O–H groups in total. The summed E-state index contributed by atoms with van der Waals surface area (Å²) in [5.41, 5.74) is 0. The van der Waals surface area contributed by atoms with Gasteiger partial charge in [-0.3, -0.25) is 4.79 Å². The average Bonchev–Trinajstić information content (AvgIpc) is 2.74. The van der Waals surface area contributed by atoms with Crippen LogP contribution in [0.2, 0.25) is 0 Å². The van der Waals surface area contributed by atoms with E-state index < -0.39 is 37.0 Å². The molecule has 110 valence electrons. The summed E-state index contributed by atoms with van der Waals surface area (Å²) in [6.07, 6.45) is -3.81. The minimum atomic E-state index is -0.911. The summed E-state index contributed by atoms with van der Waals surface area (Å²) in [5.74, 6) is -0.245. The number of carbonyl (C=O) groups is 1. The molecule has 0 amide bonds. The fraction of sp³-hybridized carbons (Fsp3) is 0.917. The Bertz CT molecular complexity index is 321. The number of rotatable bonds is 5. The summed E-state index contributed by atoms with van der Waals surface area (Å²) in [6.45, 7) is 2.18. The van der Waals surface area contributed by atoms with Gasteiger partial charge in [0, 0.05) is 27.9 Å². The highest BCUT2D eigenvalue weighted by Crippen LogP contribution is 2.34. The monoisotopic (exact) mass is 276 g/mol. The summed E-state index contributed by atoms with van der Waals surface area (Å²) in [4.78, 5) is 12.1. The molecule has 7 heteroatoms. The van der Waals surface area contributed by atoms with Crippen LogP contribution < -0.4 is 0 Å². The maximum atomic E-state index is 12.1. The first-order chi connectivity index (χ1) is 9.17. The Morgan fingerprint density at radius 1 is 1.05 bits per heavy atom. The molecule has 6 atom stereocenters. The molecule has 0 aromatic carbocycles. The number of ether oxygens (including phenoxy) is 6. The van der Waals surface area contributed by atoms with Gasteiger partial charge in [-0.15, -0.1) is 0 Å². The Balaban J connectivity index is 2.19. The van der Waals surface area contributed by atoms with E-state index in [-0.39, 0.29) is 5.78 Å². The highest BCUT2D eigenvalue weighted by Gasteiger charge is 2.57. The number of carbonyl (C=O) groups excluding carboxylic acids is 1. The van der Waals surface area contributed by atoms with Crippen molar-refractivity contribution in [2.24, 2.45) is 0 Å². The van der Waals surface area contributed by atoms with Crippen LogP contribution in [-0.2, 0) is 33.2 Å². The first kappa shape index (κ1) is 14.8. The number of ketones is 1. The van der Waals surface area contributed by atoms with Crippen molar-refractivity contribution >= 4 is 5.78 Å². The number of hydrogen-bond donors (Lipinski definition) is 0. The van der Waals surface area contributed by atoms with E-state index in [1.165, 1.54) is 21.3 Å². The van der Waals surface area contributed by atoms with E-state index in [4.69, 9.17) is 28.4 Å². The van der Waals surface area contributed by atoms with Gasteiger partial charge in [0.25, 0.3) is 0 Å². The molecule has 6 unspecified atom stereocenters. The van der Waals surface area contributed by atoms with Gasteiger partial charge in [-0.1, -0.05) is 0 Å². The van der Waals surface area contributed by atoms with Gasteiger partial charge in [0.05, 0.1) is 0 Å². The lowest BCUT2D eigenvalue weighted by molar-refractivity contribution is -0.291. The highest BCUT2D eigenvalue weighted by molar-refractivity contribution is 5.89. The molecule has 0 bridgehead atoms. The van der Waals surface area contributed by atoms with E-state index in [0.717, 1.165) is 0 Å². The van der Waals surface area contributed by atoms with Crippen LogP contribution in [0, 0.1) is 0 Å². The van der Waals surface area contributed by atoms with Crippen molar-refractivity contribution in [1.29, 1.82) is 0 Å². The smallest absolute Gasteiger partial charge is 0.221 e. The lowest BCUT2D eigenvalue weighted by Crippen LogP contribution is -2.59. The van der Waals surface area contributed by atoms with Gasteiger partial charge >= 0.3 is 0 Å². The molecule has 2 saturated heterocycles. The third-order valence-corrected chi connectivity index (χ3v) is 3.38. The summed E-state index contributed by atoms with van der Waals surface area (Å²) in [6, 6.07) is 0. The van der Waals surface area contributed by atoms with Crippen molar-refractivity contribution < 1.29 is 33.2 Å². The topological polar surface area (TPSA) is 72.5 Å². The molecule has 0 spiro atoms. The number of hydrogen-bond acceptors (Lipinski definition) is 7. The van der Waals surface area contributed by atoms with Crippen LogP contribution in [0.15, 0.2) is 0 Å². The maximum absolute atomic E-state index is 12.1. The predicted molar refractivity (Wildman–Crippen MR) is 62.6 cm³/mol. The molecule has 0 aliphatic carbocycles. The van der Waals surface area contributed by atoms with E-state index in [1.54, 1.807) is 6.92 Å². The molecule has 2 aliphatic rings. The Kier molecular flexibility index (Phi) is 4.88. The average molecular weight is 276 g/mol. The second-order valence-electron chi connectivity index (χ2n) is 4.35. The van der Waals surface area contributed by atoms with Gasteiger partial charge in [-0.05, 0) is 6.92 Å². The second-order valence-corrected chi connectivity index (χ2v) is 4.35. The summed E-state index contributed by atoms with van der Waals surface area (Å²) in [5, 5.41) is 0. The van der Waals surface area contributed by atoms with Gasteiger partial charge in [-0.25, -0.2) is 0 Å². The van der Waals surface area contributed by atoms with Crippen molar-refractivity contribution in [3.05, 3.63) is 0 Å². The van der Waals surface area contributed by atoms with Crippen LogP contribution in [0.5, 0.6) is 0 Å². The molecule has 0 aromatic heterocycles. The molecule has 7 nitrogen and oxygen atoms in total. The highest BCUT2D eigenvalue weighted by atomic mass is 16.8. The second kappa shape index (κ2) is 6.25. The molecular weight excluding hydrogens is 256 g/mol. The third kappa shape index (κ3) is 2.54. The SMILES string of the molecule is CCOC1OC2C(OC(OC)C(OC)C2OC)C1=O. The van der Waals surface area contributed by atoms with Gasteiger partial charge in [0.2, 0.25) is 12.1 Å². The van der Waals surface area contributed by atoms with Crippen LogP contribution in [0.3, 0.4) is 0 Å². The Morgan fingerprint density at radius 2 is 1.74 bits per heavy atom. The fourth-order valence-electron chi connectivity index (χ4n) is 2.51. The zero-order valence-corrected chi connectivity index (χ0v) is 11.5. The number of fused-ring (bicyclic) bond motifs is 1. The summed E-state index contributed by atoms with van der Waals surface area (Å²) < 4.78 is 32.4. The largest absolute Gasteiger partial charge is 0.376 e. The van der Waals surface area contributed by atoms with E-state index in [2.05, 4.69) is 0 Å². The lowest BCUT2D eigenvalue weighted by atomic mass is 9.98. The number of methoxy groups -OCH3 is 3. The minimum absolute atomic E-state index is 0.245. The van der Waals surface area contributed by atoms with Gasteiger partial charge in [0.1, 0.15) is 18.3 Å². The van der Waals surface area contributed by atoms with Crippen LogP contribution in [0.25, 0.3) is 0 Å². The lowest BCUT2D eigenvalue weighted by Gasteiger charge is -2.40. The van der Waals surface area contributed by atoms with E-state index in [9.17, 15) is 4.79 Å². The van der Waals surface area contributed by atoms with Crippen LogP contribution in [-0.4, -0.2) is 70.7 Å². The quantitative estimate of drug-likeness (QED) is 0.683. The first-order valence-corrected chi connectivity index (χ1v) is 6.22. The standard InChI is InChI=1S/C12H20O7/c1-5-17-11-6(13)7-9(19-11)8(14-2)10(15-3)12(16-4)18-7/h7-12H,5H2,1-4H3. The van der Waals surface area contributed by atoms with Crippen LogP contribution in [0.1, 0.15) is 6.92 Å². The molecule has 0 radical (unpaired) electrons. The molecule has 0 saturated carbocycles.